The van der Waals surface area contributed by atoms with Crippen molar-refractivity contribution < 1.29 is 9.53 Å². The lowest BCUT2D eigenvalue weighted by Crippen LogP contribution is -2.32. The van der Waals surface area contributed by atoms with Gasteiger partial charge in [0.05, 0.1) is 13.0 Å². The Hall–Kier alpha value is -1.51. The summed E-state index contributed by atoms with van der Waals surface area (Å²) in [6, 6.07) is 8.07. The number of benzene rings is 1. The molecule has 0 aromatic heterocycles. The highest BCUT2D eigenvalue weighted by atomic mass is 16.5. The van der Waals surface area contributed by atoms with E-state index >= 15 is 0 Å². The zero-order chi connectivity index (χ0) is 12.7. The number of carbonyl (C=O) groups is 1. The first-order chi connectivity index (χ1) is 8.11. The Kier molecular flexibility index (Phi) is 5.53. The fourth-order valence-corrected chi connectivity index (χ4v) is 1.42. The Bertz CT molecular complexity index is 363. The summed E-state index contributed by atoms with van der Waals surface area (Å²) in [5.41, 5.74) is 1.16. The molecule has 17 heavy (non-hydrogen) atoms. The molecule has 1 rings (SSSR count). The zero-order valence-electron chi connectivity index (χ0n) is 10.8. The summed E-state index contributed by atoms with van der Waals surface area (Å²) in [6.07, 6.45) is 1.35. The van der Waals surface area contributed by atoms with Gasteiger partial charge in [-0.05, 0) is 38.0 Å². The highest BCUT2D eigenvalue weighted by molar-refractivity contribution is 5.76. The molecule has 0 bridgehead atoms. The number of hydrogen-bond acceptors (Lipinski definition) is 2. The van der Waals surface area contributed by atoms with Crippen LogP contribution in [0.2, 0.25) is 0 Å². The lowest BCUT2D eigenvalue weighted by molar-refractivity contribution is -0.122. The van der Waals surface area contributed by atoms with Gasteiger partial charge >= 0.3 is 0 Å². The molecule has 1 amide bonds. The number of rotatable bonds is 6. The molecule has 1 N–H and O–H groups in total. The van der Waals surface area contributed by atoms with Crippen LogP contribution in [-0.4, -0.2) is 18.6 Å². The van der Waals surface area contributed by atoms with Crippen LogP contribution in [0.4, 0.5) is 0 Å². The first-order valence-corrected chi connectivity index (χ1v) is 6.10. The van der Waals surface area contributed by atoms with Crippen molar-refractivity contribution in [1.82, 2.24) is 5.32 Å². The van der Waals surface area contributed by atoms with Crippen molar-refractivity contribution >= 4 is 5.91 Å². The van der Waals surface area contributed by atoms with E-state index in [1.165, 1.54) is 0 Å². The van der Waals surface area contributed by atoms with Crippen LogP contribution in [-0.2, 0) is 4.79 Å². The lowest BCUT2D eigenvalue weighted by atomic mass is 10.2. The molecule has 0 saturated carbocycles. The second kappa shape index (κ2) is 6.94. The third-order valence-corrected chi connectivity index (χ3v) is 2.61. The van der Waals surface area contributed by atoms with E-state index in [-0.39, 0.29) is 11.9 Å². The van der Waals surface area contributed by atoms with Gasteiger partial charge in [0.1, 0.15) is 5.75 Å². The Morgan fingerprint density at radius 1 is 1.47 bits per heavy atom. The second-order valence-electron chi connectivity index (χ2n) is 4.29. The van der Waals surface area contributed by atoms with Crippen molar-refractivity contribution in [2.75, 3.05) is 6.61 Å². The number of aryl methyl sites for hydroxylation is 1. The Morgan fingerprint density at radius 3 is 2.88 bits per heavy atom. The third-order valence-electron chi connectivity index (χ3n) is 2.61. The fourth-order valence-electron chi connectivity index (χ4n) is 1.42. The van der Waals surface area contributed by atoms with Gasteiger partial charge in [0.25, 0.3) is 0 Å². The van der Waals surface area contributed by atoms with Gasteiger partial charge < -0.3 is 10.1 Å². The maximum absolute atomic E-state index is 11.5. The smallest absolute Gasteiger partial charge is 0.223 e. The maximum atomic E-state index is 11.5. The molecule has 0 aliphatic heterocycles. The van der Waals surface area contributed by atoms with E-state index in [0.29, 0.717) is 13.0 Å². The topological polar surface area (TPSA) is 38.3 Å². The van der Waals surface area contributed by atoms with Crippen LogP contribution in [0.5, 0.6) is 5.75 Å². The zero-order valence-corrected chi connectivity index (χ0v) is 10.8. The number of nitrogens with one attached hydrogen (secondary N) is 1. The third kappa shape index (κ3) is 5.38. The molecule has 94 valence electrons. The molecule has 0 aliphatic carbocycles. The minimum absolute atomic E-state index is 0.0482. The molecule has 1 aromatic rings. The van der Waals surface area contributed by atoms with Gasteiger partial charge in [0.2, 0.25) is 5.91 Å². The van der Waals surface area contributed by atoms with Crippen LogP contribution in [0.1, 0.15) is 32.3 Å². The van der Waals surface area contributed by atoms with Crippen LogP contribution in [0.15, 0.2) is 24.3 Å². The van der Waals surface area contributed by atoms with E-state index in [0.717, 1.165) is 17.7 Å². The predicted octanol–water partition coefficient (Wildman–Crippen LogP) is 2.68. The lowest BCUT2D eigenvalue weighted by Gasteiger charge is -2.11. The van der Waals surface area contributed by atoms with Crippen LogP contribution in [0.25, 0.3) is 0 Å². The van der Waals surface area contributed by atoms with E-state index in [9.17, 15) is 4.79 Å². The van der Waals surface area contributed by atoms with E-state index in [2.05, 4.69) is 5.32 Å². The van der Waals surface area contributed by atoms with Crippen molar-refractivity contribution in [3.8, 4) is 5.75 Å². The summed E-state index contributed by atoms with van der Waals surface area (Å²) in [7, 11) is 0. The monoisotopic (exact) mass is 235 g/mol. The molecule has 1 atom stereocenters. The Balaban J connectivity index is 2.26. The summed E-state index contributed by atoms with van der Waals surface area (Å²) in [5, 5.41) is 2.91. The van der Waals surface area contributed by atoms with Crippen LogP contribution < -0.4 is 10.1 Å². The van der Waals surface area contributed by atoms with Crippen molar-refractivity contribution in [2.24, 2.45) is 0 Å². The van der Waals surface area contributed by atoms with Crippen molar-refractivity contribution in [2.45, 2.75) is 39.7 Å². The summed E-state index contributed by atoms with van der Waals surface area (Å²) >= 11 is 0. The van der Waals surface area contributed by atoms with E-state index in [1.54, 1.807) is 0 Å². The molecule has 0 saturated heterocycles. The molecule has 0 radical (unpaired) electrons. The van der Waals surface area contributed by atoms with Crippen molar-refractivity contribution in [3.63, 3.8) is 0 Å². The Labute approximate surface area is 103 Å². The van der Waals surface area contributed by atoms with E-state index in [1.807, 2.05) is 45.0 Å². The van der Waals surface area contributed by atoms with Gasteiger partial charge in [-0.15, -0.1) is 0 Å². The fraction of sp³-hybridized carbons (Fsp3) is 0.500. The van der Waals surface area contributed by atoms with Crippen molar-refractivity contribution in [3.05, 3.63) is 29.8 Å². The molecule has 3 heteroatoms. The van der Waals surface area contributed by atoms with Crippen LogP contribution >= 0.6 is 0 Å². The summed E-state index contributed by atoms with van der Waals surface area (Å²) in [4.78, 5) is 11.5. The van der Waals surface area contributed by atoms with Crippen molar-refractivity contribution in [1.29, 1.82) is 0 Å². The average Bonchev–Trinajstić information content (AvgIpc) is 2.29. The molecule has 0 aliphatic rings. The molecular formula is C14H21NO2. The molecule has 0 spiro atoms. The normalized spacial score (nSPS) is 11.9. The highest BCUT2D eigenvalue weighted by Crippen LogP contribution is 2.12. The number of amides is 1. The minimum Gasteiger partial charge on any atom is -0.493 e. The number of hydrogen-bond donors (Lipinski definition) is 1. The van der Waals surface area contributed by atoms with Crippen LogP contribution in [0.3, 0.4) is 0 Å². The predicted molar refractivity (Wildman–Crippen MR) is 69.2 cm³/mol. The molecular weight excluding hydrogens is 214 g/mol. The minimum atomic E-state index is 0.0482. The standard InChI is InChI=1S/C14H21NO2/c1-4-12(3)15-14(16)8-9-17-13-7-5-6-11(2)10-13/h5-7,10,12H,4,8-9H2,1-3H3,(H,15,16). The number of ether oxygens (including phenoxy) is 1. The van der Waals surface area contributed by atoms with E-state index in [4.69, 9.17) is 4.74 Å². The van der Waals surface area contributed by atoms with Gasteiger partial charge in [-0.2, -0.15) is 0 Å². The van der Waals surface area contributed by atoms with Gasteiger partial charge in [-0.1, -0.05) is 19.1 Å². The van der Waals surface area contributed by atoms with Gasteiger partial charge in [-0.25, -0.2) is 0 Å². The first kappa shape index (κ1) is 13.6. The molecule has 0 heterocycles. The number of carbonyl (C=O) groups excluding carboxylic acids is 1. The SMILES string of the molecule is CCC(C)NC(=O)CCOc1cccc(C)c1. The average molecular weight is 235 g/mol. The quantitative estimate of drug-likeness (QED) is 0.823. The van der Waals surface area contributed by atoms with Gasteiger partial charge in [0, 0.05) is 6.04 Å². The summed E-state index contributed by atoms with van der Waals surface area (Å²) in [6.45, 7) is 6.49. The molecule has 0 fully saturated rings. The molecule has 3 nitrogen and oxygen atoms in total. The second-order valence-corrected chi connectivity index (χ2v) is 4.29. The maximum Gasteiger partial charge on any atom is 0.223 e. The van der Waals surface area contributed by atoms with Crippen LogP contribution in [0, 0.1) is 6.92 Å². The molecule has 1 aromatic carbocycles. The van der Waals surface area contributed by atoms with Gasteiger partial charge in [-0.3, -0.25) is 4.79 Å². The van der Waals surface area contributed by atoms with Gasteiger partial charge in [0.15, 0.2) is 0 Å². The van der Waals surface area contributed by atoms with E-state index < -0.39 is 0 Å². The summed E-state index contributed by atoms with van der Waals surface area (Å²) in [5.74, 6) is 0.869. The molecule has 1 unspecified atom stereocenters. The highest BCUT2D eigenvalue weighted by Gasteiger charge is 2.05. The first-order valence-electron chi connectivity index (χ1n) is 6.10. The summed E-state index contributed by atoms with van der Waals surface area (Å²) < 4.78 is 5.51. The Morgan fingerprint density at radius 2 is 2.24 bits per heavy atom. The largest absolute Gasteiger partial charge is 0.493 e.